The first-order valence-corrected chi connectivity index (χ1v) is 15.7. The number of rotatable bonds is 9. The van der Waals surface area contributed by atoms with Gasteiger partial charge in [0.15, 0.2) is 5.65 Å². The highest BCUT2D eigenvalue weighted by Gasteiger charge is 2.35. The van der Waals surface area contributed by atoms with E-state index in [4.69, 9.17) is 4.74 Å². The molecule has 43 heavy (non-hydrogen) atoms. The molecule has 0 spiro atoms. The normalized spacial score (nSPS) is 17.4. The van der Waals surface area contributed by atoms with Crippen molar-refractivity contribution in [1.29, 1.82) is 0 Å². The monoisotopic (exact) mass is 607 g/mol. The minimum atomic E-state index is -3.78. The molecule has 0 saturated heterocycles. The zero-order valence-corrected chi connectivity index (χ0v) is 25.5. The number of benzene rings is 2. The third-order valence-corrected chi connectivity index (χ3v) is 9.08. The number of carbonyl (C=O) groups is 1. The lowest BCUT2D eigenvalue weighted by Gasteiger charge is -2.42. The lowest BCUT2D eigenvalue weighted by molar-refractivity contribution is 0.0489. The Morgan fingerprint density at radius 3 is 2.28 bits per heavy atom. The first-order valence-electron chi connectivity index (χ1n) is 14.2. The van der Waals surface area contributed by atoms with Crippen LogP contribution in [-0.4, -0.2) is 63.0 Å². The third-order valence-electron chi connectivity index (χ3n) is 7.68. The Kier molecular flexibility index (Phi) is 8.45. The molecule has 0 unspecified atom stereocenters. The minimum Gasteiger partial charge on any atom is -0.497 e. The van der Waals surface area contributed by atoms with Crippen molar-refractivity contribution in [1.82, 2.24) is 24.6 Å². The fourth-order valence-electron chi connectivity index (χ4n) is 5.60. The summed E-state index contributed by atoms with van der Waals surface area (Å²) in [6, 6.07) is 13.0. The molecule has 2 aromatic carbocycles. The molecule has 4 aromatic rings. The summed E-state index contributed by atoms with van der Waals surface area (Å²) in [6.45, 7) is 6.49. The van der Waals surface area contributed by atoms with Crippen LogP contribution in [0.3, 0.4) is 0 Å². The highest BCUT2D eigenvalue weighted by atomic mass is 32.2. The van der Waals surface area contributed by atoms with Crippen LogP contribution in [0.2, 0.25) is 0 Å². The van der Waals surface area contributed by atoms with Gasteiger partial charge in [0.05, 0.1) is 23.6 Å². The molecule has 1 aliphatic carbocycles. The van der Waals surface area contributed by atoms with Gasteiger partial charge in [-0.15, -0.1) is 0 Å². The van der Waals surface area contributed by atoms with Gasteiger partial charge in [0.2, 0.25) is 5.95 Å². The SMILES string of the molecule is COc1ccc(NS(=O)(=O)c2ccc(Nc3ncc4cnn(C[C@H]5CC[C@H](N(C(=O)O)C(C)(C)C)CC5)c4n3)cc2)cc1. The fraction of sp³-hybridized carbons (Fsp3) is 0.400. The molecule has 0 atom stereocenters. The van der Waals surface area contributed by atoms with Crippen LogP contribution in [0.15, 0.2) is 65.8 Å². The first-order chi connectivity index (χ1) is 20.4. The van der Waals surface area contributed by atoms with Gasteiger partial charge in [0.25, 0.3) is 10.0 Å². The molecular formula is C30H37N7O5S. The van der Waals surface area contributed by atoms with E-state index in [0.29, 0.717) is 41.2 Å². The summed E-state index contributed by atoms with van der Waals surface area (Å²) in [7, 11) is -2.23. The fourth-order valence-corrected chi connectivity index (χ4v) is 6.66. The Balaban J connectivity index is 1.23. The smallest absolute Gasteiger partial charge is 0.407 e. The summed E-state index contributed by atoms with van der Waals surface area (Å²) in [5.41, 5.74) is 1.32. The van der Waals surface area contributed by atoms with E-state index in [1.807, 2.05) is 25.5 Å². The van der Waals surface area contributed by atoms with E-state index in [0.717, 1.165) is 31.1 Å². The maximum absolute atomic E-state index is 12.8. The molecule has 1 amide bonds. The van der Waals surface area contributed by atoms with Crippen LogP contribution in [-0.2, 0) is 16.6 Å². The highest BCUT2D eigenvalue weighted by Crippen LogP contribution is 2.33. The van der Waals surface area contributed by atoms with Crippen LogP contribution in [0, 0.1) is 5.92 Å². The number of carboxylic acid groups (broad SMARTS) is 1. The number of nitrogens with one attached hydrogen (secondary N) is 2. The largest absolute Gasteiger partial charge is 0.497 e. The highest BCUT2D eigenvalue weighted by molar-refractivity contribution is 7.92. The molecule has 1 aliphatic rings. The van der Waals surface area contributed by atoms with Crippen molar-refractivity contribution in [2.75, 3.05) is 17.1 Å². The van der Waals surface area contributed by atoms with Gasteiger partial charge in [-0.25, -0.2) is 22.9 Å². The summed E-state index contributed by atoms with van der Waals surface area (Å²) in [5, 5.41) is 18.3. The van der Waals surface area contributed by atoms with Crippen molar-refractivity contribution in [2.45, 2.75) is 69.5 Å². The summed E-state index contributed by atoms with van der Waals surface area (Å²) in [4.78, 5) is 22.7. The molecule has 0 radical (unpaired) electrons. The maximum Gasteiger partial charge on any atom is 0.407 e. The Morgan fingerprint density at radius 1 is 1.02 bits per heavy atom. The van der Waals surface area contributed by atoms with Crippen molar-refractivity contribution in [3.8, 4) is 5.75 Å². The van der Waals surface area contributed by atoms with Gasteiger partial charge in [0.1, 0.15) is 5.75 Å². The number of hydrogen-bond acceptors (Lipinski definition) is 8. The van der Waals surface area contributed by atoms with E-state index in [2.05, 4.69) is 25.1 Å². The van der Waals surface area contributed by atoms with E-state index in [9.17, 15) is 18.3 Å². The predicted molar refractivity (Wildman–Crippen MR) is 164 cm³/mol. The first kappa shape index (κ1) is 30.1. The molecular weight excluding hydrogens is 570 g/mol. The molecule has 228 valence electrons. The van der Waals surface area contributed by atoms with Gasteiger partial charge in [0, 0.05) is 35.7 Å². The Hall–Kier alpha value is -4.39. The molecule has 1 saturated carbocycles. The summed E-state index contributed by atoms with van der Waals surface area (Å²) >= 11 is 0. The summed E-state index contributed by atoms with van der Waals surface area (Å²) in [5.74, 6) is 1.36. The molecule has 2 aromatic heterocycles. The number of sulfonamides is 1. The van der Waals surface area contributed by atoms with Crippen molar-refractivity contribution in [3.63, 3.8) is 0 Å². The Morgan fingerprint density at radius 2 is 1.67 bits per heavy atom. The predicted octanol–water partition coefficient (Wildman–Crippen LogP) is 5.72. The zero-order chi connectivity index (χ0) is 30.8. The van der Waals surface area contributed by atoms with E-state index < -0.39 is 21.7 Å². The number of nitrogens with zero attached hydrogens (tertiary/aromatic N) is 5. The average Bonchev–Trinajstić information content (AvgIpc) is 3.35. The minimum absolute atomic E-state index is 0.0147. The zero-order valence-electron chi connectivity index (χ0n) is 24.7. The van der Waals surface area contributed by atoms with Crippen LogP contribution in [0.4, 0.5) is 22.1 Å². The molecule has 0 aliphatic heterocycles. The average molecular weight is 608 g/mol. The lowest BCUT2D eigenvalue weighted by Crippen LogP contribution is -2.52. The van der Waals surface area contributed by atoms with E-state index in [-0.39, 0.29) is 10.9 Å². The number of aromatic nitrogens is 4. The number of fused-ring (bicyclic) bond motifs is 1. The molecule has 12 nitrogen and oxygen atoms in total. The van der Waals surface area contributed by atoms with Crippen LogP contribution in [0.5, 0.6) is 5.75 Å². The third kappa shape index (κ3) is 6.99. The number of hydrogen-bond donors (Lipinski definition) is 3. The van der Waals surface area contributed by atoms with Gasteiger partial charge in [-0.3, -0.25) is 4.72 Å². The van der Waals surface area contributed by atoms with Crippen LogP contribution in [0.25, 0.3) is 11.0 Å². The second kappa shape index (κ2) is 12.1. The van der Waals surface area contributed by atoms with Gasteiger partial charge < -0.3 is 20.1 Å². The van der Waals surface area contributed by atoms with Gasteiger partial charge in [-0.1, -0.05) is 0 Å². The summed E-state index contributed by atoms with van der Waals surface area (Å²) in [6.07, 6.45) is 6.03. The molecule has 0 bridgehead atoms. The topological polar surface area (TPSA) is 152 Å². The van der Waals surface area contributed by atoms with Crippen LogP contribution < -0.4 is 14.8 Å². The van der Waals surface area contributed by atoms with Crippen molar-refractivity contribution >= 4 is 44.5 Å². The van der Waals surface area contributed by atoms with Crippen LogP contribution >= 0.6 is 0 Å². The maximum atomic E-state index is 12.8. The summed E-state index contributed by atoms with van der Waals surface area (Å²) < 4.78 is 35.2. The van der Waals surface area contributed by atoms with Crippen molar-refractivity contribution in [3.05, 3.63) is 60.9 Å². The van der Waals surface area contributed by atoms with Crippen LogP contribution in [0.1, 0.15) is 46.5 Å². The van der Waals surface area contributed by atoms with E-state index >= 15 is 0 Å². The lowest BCUT2D eigenvalue weighted by atomic mass is 9.84. The van der Waals surface area contributed by atoms with Gasteiger partial charge >= 0.3 is 6.09 Å². The molecule has 5 rings (SSSR count). The Labute approximate surface area is 251 Å². The molecule has 13 heteroatoms. The molecule has 2 heterocycles. The molecule has 1 fully saturated rings. The van der Waals surface area contributed by atoms with Gasteiger partial charge in [-0.2, -0.15) is 10.1 Å². The molecule has 3 N–H and O–H groups in total. The standard InChI is InChI=1S/C30H37N7O5S/c1-30(2,3)37(29(38)39)24-11-5-20(6-12-24)19-36-27-21(18-32-36)17-31-28(34-27)33-22-9-15-26(16-10-22)43(40,41)35-23-7-13-25(42-4)14-8-23/h7-10,13-18,20,24,35H,5-6,11-12,19H2,1-4H3,(H,38,39)(H,31,33,34)/t20-,24-. The van der Waals surface area contributed by atoms with Crippen molar-refractivity contribution in [2.24, 2.45) is 5.92 Å². The van der Waals surface area contributed by atoms with Gasteiger partial charge in [-0.05, 0) is 101 Å². The number of anilines is 3. The second-order valence-electron chi connectivity index (χ2n) is 11.8. The number of amides is 1. The number of methoxy groups -OCH3 is 1. The van der Waals surface area contributed by atoms with E-state index in [1.54, 1.807) is 60.8 Å². The number of ether oxygens (including phenoxy) is 1. The van der Waals surface area contributed by atoms with E-state index in [1.165, 1.54) is 12.1 Å². The second-order valence-corrected chi connectivity index (χ2v) is 13.5. The van der Waals surface area contributed by atoms with Crippen molar-refractivity contribution < 1.29 is 23.1 Å². The quantitative estimate of drug-likeness (QED) is 0.217. The Bertz CT molecular complexity index is 1670.